The Labute approximate surface area is 208 Å². The lowest BCUT2D eigenvalue weighted by molar-refractivity contribution is 0.0797. The van der Waals surface area contributed by atoms with Gasteiger partial charge in [-0.05, 0) is 56.3 Å². The summed E-state index contributed by atoms with van der Waals surface area (Å²) in [6.07, 6.45) is -1.27. The van der Waals surface area contributed by atoms with Crippen LogP contribution in [-0.2, 0) is 10.0 Å². The van der Waals surface area contributed by atoms with E-state index in [2.05, 4.69) is 10.3 Å². The van der Waals surface area contributed by atoms with Gasteiger partial charge in [0.05, 0.1) is 21.7 Å². The molecular formula is C25H27F3N4O3S. The number of sulfonamides is 1. The Kier molecular flexibility index (Phi) is 7.35. The summed E-state index contributed by atoms with van der Waals surface area (Å²) < 4.78 is 70.2. The SMILES string of the molecule is CNCCN(C)C(=O)c1ccc2c(C)cc(-c3c(F)cc(S(=O)(=O)N4CC[C@H](F)C4)cc3F)nc2c1. The van der Waals surface area contributed by atoms with E-state index >= 15 is 8.78 Å². The third-order valence-electron chi connectivity index (χ3n) is 6.31. The lowest BCUT2D eigenvalue weighted by Gasteiger charge is -2.18. The molecule has 0 unspecified atom stereocenters. The van der Waals surface area contributed by atoms with Gasteiger partial charge in [-0.1, -0.05) is 6.07 Å². The van der Waals surface area contributed by atoms with Crippen LogP contribution in [-0.4, -0.2) is 75.0 Å². The van der Waals surface area contributed by atoms with Gasteiger partial charge in [-0.15, -0.1) is 0 Å². The number of pyridine rings is 1. The molecule has 1 aromatic heterocycles. The highest BCUT2D eigenvalue weighted by Gasteiger charge is 2.34. The van der Waals surface area contributed by atoms with Crippen molar-refractivity contribution in [3.63, 3.8) is 0 Å². The smallest absolute Gasteiger partial charge is 0.253 e. The third kappa shape index (κ3) is 4.95. The summed E-state index contributed by atoms with van der Waals surface area (Å²) in [6, 6.07) is 7.95. The first-order valence-corrected chi connectivity index (χ1v) is 12.9. The van der Waals surface area contributed by atoms with Crippen molar-refractivity contribution in [3.05, 3.63) is 59.2 Å². The molecule has 0 spiro atoms. The summed E-state index contributed by atoms with van der Waals surface area (Å²) in [7, 11) is -0.780. The molecule has 0 bridgehead atoms. The Morgan fingerprint density at radius 1 is 1.19 bits per heavy atom. The second-order valence-electron chi connectivity index (χ2n) is 8.90. The van der Waals surface area contributed by atoms with Gasteiger partial charge in [0.2, 0.25) is 10.0 Å². The number of carbonyl (C=O) groups is 1. The van der Waals surface area contributed by atoms with Gasteiger partial charge in [-0.2, -0.15) is 4.31 Å². The number of hydrogen-bond acceptors (Lipinski definition) is 5. The number of rotatable bonds is 7. The molecule has 1 aliphatic heterocycles. The van der Waals surface area contributed by atoms with Gasteiger partial charge in [0.15, 0.2) is 0 Å². The van der Waals surface area contributed by atoms with Gasteiger partial charge in [0.25, 0.3) is 5.91 Å². The molecule has 1 amide bonds. The first-order valence-electron chi connectivity index (χ1n) is 11.5. The fourth-order valence-electron chi connectivity index (χ4n) is 4.26. The quantitative estimate of drug-likeness (QED) is 0.516. The minimum absolute atomic E-state index is 0.0305. The summed E-state index contributed by atoms with van der Waals surface area (Å²) in [5.41, 5.74) is 0.923. The molecule has 2 heterocycles. The first-order chi connectivity index (χ1) is 17.0. The number of alkyl halides is 1. The highest BCUT2D eigenvalue weighted by Crippen LogP contribution is 2.32. The van der Waals surface area contributed by atoms with E-state index in [4.69, 9.17) is 0 Å². The van der Waals surface area contributed by atoms with Crippen LogP contribution >= 0.6 is 0 Å². The molecule has 0 aliphatic carbocycles. The minimum atomic E-state index is -4.24. The zero-order valence-corrected chi connectivity index (χ0v) is 21.0. The zero-order valence-electron chi connectivity index (χ0n) is 20.2. The van der Waals surface area contributed by atoms with Crippen molar-refractivity contribution in [2.75, 3.05) is 40.3 Å². The molecular weight excluding hydrogens is 493 g/mol. The second-order valence-corrected chi connectivity index (χ2v) is 10.8. The number of carbonyl (C=O) groups excluding carboxylic acids is 1. The molecule has 0 saturated carbocycles. The number of halogens is 3. The molecule has 1 aliphatic rings. The van der Waals surface area contributed by atoms with Crippen LogP contribution in [0.3, 0.4) is 0 Å². The Morgan fingerprint density at radius 2 is 1.89 bits per heavy atom. The molecule has 7 nitrogen and oxygen atoms in total. The van der Waals surface area contributed by atoms with Crippen LogP contribution in [0, 0.1) is 18.6 Å². The molecule has 4 rings (SSSR count). The van der Waals surface area contributed by atoms with E-state index in [-0.39, 0.29) is 31.1 Å². The highest BCUT2D eigenvalue weighted by molar-refractivity contribution is 7.89. The molecule has 2 aromatic carbocycles. The van der Waals surface area contributed by atoms with Crippen molar-refractivity contribution >= 4 is 26.8 Å². The van der Waals surface area contributed by atoms with E-state index < -0.39 is 38.3 Å². The van der Waals surface area contributed by atoms with E-state index in [9.17, 15) is 17.6 Å². The molecule has 3 aromatic rings. The Balaban J connectivity index is 1.73. The summed E-state index contributed by atoms with van der Waals surface area (Å²) in [5, 5.41) is 3.69. The van der Waals surface area contributed by atoms with Gasteiger partial charge in [-0.25, -0.2) is 26.6 Å². The molecule has 192 valence electrons. The monoisotopic (exact) mass is 520 g/mol. The summed E-state index contributed by atoms with van der Waals surface area (Å²) in [5.74, 6) is -2.42. The van der Waals surface area contributed by atoms with Gasteiger partial charge in [0, 0.05) is 44.2 Å². The van der Waals surface area contributed by atoms with Crippen LogP contribution in [0.5, 0.6) is 0 Å². The maximum atomic E-state index is 15.2. The Morgan fingerprint density at radius 3 is 2.50 bits per heavy atom. The fraction of sp³-hybridized carbons (Fsp3) is 0.360. The maximum Gasteiger partial charge on any atom is 0.253 e. The first kappa shape index (κ1) is 26.1. The minimum Gasteiger partial charge on any atom is -0.340 e. The molecule has 36 heavy (non-hydrogen) atoms. The summed E-state index contributed by atoms with van der Waals surface area (Å²) in [6.45, 7) is 2.47. The normalized spacial score (nSPS) is 16.6. The van der Waals surface area contributed by atoms with Gasteiger partial charge in [-0.3, -0.25) is 4.79 Å². The van der Waals surface area contributed by atoms with Crippen molar-refractivity contribution in [3.8, 4) is 11.3 Å². The topological polar surface area (TPSA) is 82.6 Å². The molecule has 0 radical (unpaired) electrons. The van der Waals surface area contributed by atoms with Crippen LogP contribution in [0.15, 0.2) is 41.3 Å². The summed E-state index contributed by atoms with van der Waals surface area (Å²) >= 11 is 0. The predicted octanol–water partition coefficient (Wildman–Crippen LogP) is 3.51. The van der Waals surface area contributed by atoms with Gasteiger partial charge < -0.3 is 10.2 Å². The van der Waals surface area contributed by atoms with E-state index in [0.29, 0.717) is 35.1 Å². The fourth-order valence-corrected chi connectivity index (χ4v) is 5.77. The predicted molar refractivity (Wildman–Crippen MR) is 131 cm³/mol. The molecule has 1 fully saturated rings. The largest absolute Gasteiger partial charge is 0.340 e. The van der Waals surface area contributed by atoms with Gasteiger partial charge in [0.1, 0.15) is 17.8 Å². The average Bonchev–Trinajstić information content (AvgIpc) is 3.28. The van der Waals surface area contributed by atoms with Gasteiger partial charge >= 0.3 is 0 Å². The number of aromatic nitrogens is 1. The lowest BCUT2D eigenvalue weighted by atomic mass is 10.0. The molecule has 11 heteroatoms. The molecule has 1 N–H and O–H groups in total. The number of fused-ring (bicyclic) bond motifs is 1. The van der Waals surface area contributed by atoms with Crippen LogP contribution in [0.1, 0.15) is 22.3 Å². The summed E-state index contributed by atoms with van der Waals surface area (Å²) in [4.78, 5) is 18.1. The van der Waals surface area contributed by atoms with E-state index in [1.165, 1.54) is 6.07 Å². The van der Waals surface area contributed by atoms with Crippen molar-refractivity contribution in [1.82, 2.24) is 19.5 Å². The van der Waals surface area contributed by atoms with E-state index in [1.54, 1.807) is 44.1 Å². The van der Waals surface area contributed by atoms with Crippen molar-refractivity contribution in [2.24, 2.45) is 0 Å². The number of amides is 1. The number of nitrogens with one attached hydrogen (secondary N) is 1. The van der Waals surface area contributed by atoms with Crippen molar-refractivity contribution in [1.29, 1.82) is 0 Å². The zero-order chi connectivity index (χ0) is 26.2. The van der Waals surface area contributed by atoms with Crippen LogP contribution in [0.2, 0.25) is 0 Å². The van der Waals surface area contributed by atoms with E-state index in [0.717, 1.165) is 16.4 Å². The number of nitrogens with zero attached hydrogens (tertiary/aromatic N) is 3. The lowest BCUT2D eigenvalue weighted by Crippen LogP contribution is -2.32. The van der Waals surface area contributed by atoms with E-state index in [1.807, 2.05) is 0 Å². The number of benzene rings is 2. The Bertz CT molecular complexity index is 1410. The van der Waals surface area contributed by atoms with Crippen LogP contribution in [0.25, 0.3) is 22.2 Å². The second kappa shape index (κ2) is 10.2. The molecule has 1 atom stereocenters. The maximum absolute atomic E-state index is 15.2. The van der Waals surface area contributed by atoms with Crippen LogP contribution < -0.4 is 5.32 Å². The number of aryl methyl sites for hydroxylation is 1. The average molecular weight is 521 g/mol. The Hall–Kier alpha value is -3.02. The van der Waals surface area contributed by atoms with Crippen molar-refractivity contribution < 1.29 is 26.4 Å². The number of hydrogen-bond donors (Lipinski definition) is 1. The standard InChI is InChI=1S/C25H27F3N4O3S/c1-15-10-23(30-22-11-16(4-5-19(15)22)25(33)31(3)9-7-29-2)24-20(27)12-18(13-21(24)28)36(34,35)32-8-6-17(26)14-32/h4-5,10-13,17,29H,6-9,14H2,1-3H3/t17-/m0/s1. The van der Waals surface area contributed by atoms with Crippen molar-refractivity contribution in [2.45, 2.75) is 24.4 Å². The van der Waals surface area contributed by atoms with Crippen LogP contribution in [0.4, 0.5) is 13.2 Å². The molecule has 1 saturated heterocycles. The highest BCUT2D eigenvalue weighted by atomic mass is 32.2. The number of likely N-dealkylation sites (N-methyl/N-ethyl adjacent to an activating group) is 2. The third-order valence-corrected chi connectivity index (χ3v) is 8.15.